The Kier molecular flexibility index (Phi) is 6.55. The van der Waals surface area contributed by atoms with Gasteiger partial charge in [-0.2, -0.15) is 0 Å². The first-order chi connectivity index (χ1) is 12.4. The lowest BCUT2D eigenvalue weighted by molar-refractivity contribution is -0.173. The van der Waals surface area contributed by atoms with Crippen molar-refractivity contribution in [2.45, 2.75) is 32.3 Å². The Hall–Kier alpha value is -2.63. The highest BCUT2D eigenvalue weighted by atomic mass is 16.5. The van der Waals surface area contributed by atoms with E-state index in [0.29, 0.717) is 12.8 Å². The summed E-state index contributed by atoms with van der Waals surface area (Å²) in [6.45, 7) is 1.35. The van der Waals surface area contributed by atoms with E-state index in [9.17, 15) is 14.4 Å². The van der Waals surface area contributed by atoms with Crippen molar-refractivity contribution in [2.75, 3.05) is 14.2 Å². The molecule has 0 aromatic heterocycles. The van der Waals surface area contributed by atoms with Crippen molar-refractivity contribution < 1.29 is 28.6 Å². The number of rotatable bonds is 6. The Morgan fingerprint density at radius 1 is 1.00 bits per heavy atom. The fraction of sp³-hybridized carbons (Fsp3) is 0.450. The van der Waals surface area contributed by atoms with Crippen molar-refractivity contribution in [3.63, 3.8) is 0 Å². The van der Waals surface area contributed by atoms with Gasteiger partial charge in [-0.25, -0.2) is 0 Å². The van der Waals surface area contributed by atoms with Crippen molar-refractivity contribution in [3.05, 3.63) is 48.0 Å². The molecule has 0 fully saturated rings. The van der Waals surface area contributed by atoms with E-state index in [1.807, 2.05) is 30.3 Å². The number of methoxy groups -OCH3 is 2. The third kappa shape index (κ3) is 4.12. The van der Waals surface area contributed by atoms with Crippen LogP contribution < -0.4 is 0 Å². The molecule has 1 aliphatic rings. The van der Waals surface area contributed by atoms with Crippen molar-refractivity contribution in [3.8, 4) is 0 Å². The molecule has 0 bridgehead atoms. The molecule has 0 N–H and O–H groups in total. The van der Waals surface area contributed by atoms with E-state index in [0.717, 1.165) is 5.56 Å². The summed E-state index contributed by atoms with van der Waals surface area (Å²) >= 11 is 0. The van der Waals surface area contributed by atoms with Gasteiger partial charge in [-0.3, -0.25) is 14.4 Å². The number of allylic oxidation sites excluding steroid dienone is 1. The zero-order valence-electron chi connectivity index (χ0n) is 15.3. The minimum atomic E-state index is -1.48. The van der Waals surface area contributed by atoms with E-state index in [-0.39, 0.29) is 18.5 Å². The van der Waals surface area contributed by atoms with Crippen LogP contribution in [0.2, 0.25) is 0 Å². The topological polar surface area (TPSA) is 78.9 Å². The van der Waals surface area contributed by atoms with Crippen LogP contribution in [0.3, 0.4) is 0 Å². The van der Waals surface area contributed by atoms with Crippen LogP contribution in [0.5, 0.6) is 0 Å². The van der Waals surface area contributed by atoms with Crippen LogP contribution >= 0.6 is 0 Å². The van der Waals surface area contributed by atoms with Crippen molar-refractivity contribution in [2.24, 2.45) is 11.3 Å². The lowest BCUT2D eigenvalue weighted by Gasteiger charge is -2.36. The fourth-order valence-corrected chi connectivity index (χ4v) is 3.46. The van der Waals surface area contributed by atoms with Crippen LogP contribution in [-0.4, -0.2) is 38.2 Å². The van der Waals surface area contributed by atoms with Crippen LogP contribution in [0.15, 0.2) is 42.5 Å². The molecular formula is C20H24O6. The normalized spacial score (nSPS) is 19.5. The second kappa shape index (κ2) is 8.65. The zero-order valence-corrected chi connectivity index (χ0v) is 15.3. The SMILES string of the molecule is COC(=O)C(Cc1ccccc1)(C(=O)OC)[C@H]1C=C[C@@H](OC(C)=O)CC1. The minimum absolute atomic E-state index is 0.167. The molecule has 0 unspecified atom stereocenters. The average Bonchev–Trinajstić information content (AvgIpc) is 2.66. The minimum Gasteiger partial charge on any atom is -0.468 e. The van der Waals surface area contributed by atoms with Gasteiger partial charge in [-0.1, -0.05) is 36.4 Å². The number of hydrogen-bond acceptors (Lipinski definition) is 6. The molecule has 2 atom stereocenters. The molecule has 140 valence electrons. The number of esters is 3. The summed E-state index contributed by atoms with van der Waals surface area (Å²) in [7, 11) is 2.53. The average molecular weight is 360 g/mol. The standard InChI is InChI=1S/C20H24O6/c1-14(21)26-17-11-9-16(10-12-17)20(18(22)24-2,19(23)25-3)13-15-7-5-4-6-8-15/h4-9,11,16-17H,10,12-13H2,1-3H3/t16-,17+/m0/s1. The summed E-state index contributed by atoms with van der Waals surface area (Å²) in [6.07, 6.45) is 4.31. The van der Waals surface area contributed by atoms with Crippen molar-refractivity contribution in [1.82, 2.24) is 0 Å². The van der Waals surface area contributed by atoms with E-state index in [4.69, 9.17) is 14.2 Å². The van der Waals surface area contributed by atoms with Crippen LogP contribution in [0, 0.1) is 11.3 Å². The second-order valence-electron chi connectivity index (χ2n) is 6.33. The number of ether oxygens (including phenoxy) is 3. The quantitative estimate of drug-likeness (QED) is 0.336. The predicted molar refractivity (Wildman–Crippen MR) is 94.0 cm³/mol. The molecule has 0 heterocycles. The Balaban J connectivity index is 2.41. The molecule has 26 heavy (non-hydrogen) atoms. The van der Waals surface area contributed by atoms with E-state index in [1.54, 1.807) is 12.2 Å². The van der Waals surface area contributed by atoms with E-state index in [1.165, 1.54) is 21.1 Å². The monoisotopic (exact) mass is 360 g/mol. The van der Waals surface area contributed by atoms with Crippen molar-refractivity contribution >= 4 is 17.9 Å². The molecule has 0 aliphatic heterocycles. The molecule has 0 radical (unpaired) electrons. The third-order valence-electron chi connectivity index (χ3n) is 4.70. The van der Waals surface area contributed by atoms with Gasteiger partial charge in [0.2, 0.25) is 0 Å². The van der Waals surface area contributed by atoms with E-state index < -0.39 is 23.3 Å². The van der Waals surface area contributed by atoms with Gasteiger partial charge in [-0.15, -0.1) is 0 Å². The lowest BCUT2D eigenvalue weighted by atomic mass is 9.67. The van der Waals surface area contributed by atoms with Crippen LogP contribution in [0.4, 0.5) is 0 Å². The highest BCUT2D eigenvalue weighted by Gasteiger charge is 2.54. The molecule has 0 amide bonds. The summed E-state index contributed by atoms with van der Waals surface area (Å²) in [5.74, 6) is -2.05. The third-order valence-corrected chi connectivity index (χ3v) is 4.70. The molecule has 0 saturated heterocycles. The molecule has 6 heteroatoms. The van der Waals surface area contributed by atoms with Gasteiger partial charge in [0.25, 0.3) is 0 Å². The Bertz CT molecular complexity index is 663. The van der Waals surface area contributed by atoms with Crippen LogP contribution in [-0.2, 0) is 35.0 Å². The fourth-order valence-electron chi connectivity index (χ4n) is 3.46. The largest absolute Gasteiger partial charge is 0.468 e. The maximum Gasteiger partial charge on any atom is 0.324 e. The van der Waals surface area contributed by atoms with Gasteiger partial charge < -0.3 is 14.2 Å². The zero-order chi connectivity index (χ0) is 19.2. The summed E-state index contributed by atoms with van der Waals surface area (Å²) < 4.78 is 15.2. The Morgan fingerprint density at radius 3 is 2.08 bits per heavy atom. The summed E-state index contributed by atoms with van der Waals surface area (Å²) in [4.78, 5) is 36.6. The molecule has 6 nitrogen and oxygen atoms in total. The van der Waals surface area contributed by atoms with Gasteiger partial charge >= 0.3 is 17.9 Å². The Morgan fingerprint density at radius 2 is 1.62 bits per heavy atom. The molecule has 1 aliphatic carbocycles. The van der Waals surface area contributed by atoms with Gasteiger partial charge in [-0.05, 0) is 30.9 Å². The molecule has 0 spiro atoms. The van der Waals surface area contributed by atoms with Crippen molar-refractivity contribution in [1.29, 1.82) is 0 Å². The van der Waals surface area contributed by atoms with Gasteiger partial charge in [0.1, 0.15) is 6.10 Å². The first kappa shape index (κ1) is 19.7. The molecular weight excluding hydrogens is 336 g/mol. The number of hydrogen-bond donors (Lipinski definition) is 0. The van der Waals surface area contributed by atoms with Gasteiger partial charge in [0.15, 0.2) is 5.41 Å². The highest BCUT2D eigenvalue weighted by Crippen LogP contribution is 2.41. The molecule has 1 aromatic carbocycles. The summed E-state index contributed by atoms with van der Waals surface area (Å²) in [5.41, 5.74) is -0.651. The van der Waals surface area contributed by atoms with Gasteiger partial charge in [0.05, 0.1) is 14.2 Å². The predicted octanol–water partition coefficient (Wildman–Crippen LogP) is 2.46. The van der Waals surface area contributed by atoms with Gasteiger partial charge in [0, 0.05) is 12.8 Å². The number of carbonyl (C=O) groups is 3. The molecule has 2 rings (SSSR count). The van der Waals surface area contributed by atoms with Crippen LogP contribution in [0.1, 0.15) is 25.3 Å². The highest BCUT2D eigenvalue weighted by molar-refractivity contribution is 6.01. The smallest absolute Gasteiger partial charge is 0.324 e. The summed E-state index contributed by atoms with van der Waals surface area (Å²) in [6, 6.07) is 9.28. The first-order valence-electron chi connectivity index (χ1n) is 8.50. The van der Waals surface area contributed by atoms with E-state index in [2.05, 4.69) is 0 Å². The number of carbonyl (C=O) groups excluding carboxylic acids is 3. The van der Waals surface area contributed by atoms with Crippen LogP contribution in [0.25, 0.3) is 0 Å². The maximum absolute atomic E-state index is 12.8. The number of benzene rings is 1. The molecule has 1 aromatic rings. The lowest BCUT2D eigenvalue weighted by Crippen LogP contribution is -2.49. The van der Waals surface area contributed by atoms with E-state index >= 15 is 0 Å². The molecule has 0 saturated carbocycles. The second-order valence-corrected chi connectivity index (χ2v) is 6.33. The first-order valence-corrected chi connectivity index (χ1v) is 8.50. The maximum atomic E-state index is 12.8. The Labute approximate surface area is 153 Å². The summed E-state index contributed by atoms with van der Waals surface area (Å²) in [5, 5.41) is 0.